The van der Waals surface area contributed by atoms with Gasteiger partial charge in [0, 0.05) is 5.02 Å². The summed E-state index contributed by atoms with van der Waals surface area (Å²) >= 11 is 7.00. The van der Waals surface area contributed by atoms with Gasteiger partial charge in [-0.05, 0) is 25.1 Å². The standard InChI is InChI=1S/C12H9ClN4O3S/c1-12(10(19)16-11-17-14-5-21-11)9(18)15-7-4-6(13)2-3-8(7)20-12/h2-5H,1H3,(H,15,18)(H,16,17,19)/t12-/m0/s1. The lowest BCUT2D eigenvalue weighted by molar-refractivity contribution is -0.143. The lowest BCUT2D eigenvalue weighted by Crippen LogP contribution is -2.56. The molecule has 9 heteroatoms. The average Bonchev–Trinajstić information content (AvgIpc) is 2.93. The maximum Gasteiger partial charge on any atom is 0.280 e. The highest BCUT2D eigenvalue weighted by atomic mass is 35.5. The van der Waals surface area contributed by atoms with Crippen LogP contribution in [0.5, 0.6) is 5.75 Å². The molecule has 3 rings (SSSR count). The summed E-state index contributed by atoms with van der Waals surface area (Å²) in [6, 6.07) is 4.76. The van der Waals surface area contributed by atoms with Crippen LogP contribution in [-0.4, -0.2) is 27.6 Å². The van der Waals surface area contributed by atoms with Crippen LogP contribution in [0.1, 0.15) is 6.92 Å². The number of hydrogen-bond donors (Lipinski definition) is 2. The Labute approximate surface area is 128 Å². The van der Waals surface area contributed by atoms with Crippen LogP contribution in [0.2, 0.25) is 5.02 Å². The molecule has 1 aromatic heterocycles. The third kappa shape index (κ3) is 2.43. The fraction of sp³-hybridized carbons (Fsp3) is 0.167. The summed E-state index contributed by atoms with van der Waals surface area (Å²) in [5, 5.41) is 13.2. The van der Waals surface area contributed by atoms with Crippen molar-refractivity contribution in [3.63, 3.8) is 0 Å². The molecule has 1 aliphatic heterocycles. The second kappa shape index (κ2) is 4.97. The Balaban J connectivity index is 1.89. The first-order chi connectivity index (χ1) is 9.99. The predicted octanol–water partition coefficient (Wildman–Crippen LogP) is 1.92. The zero-order chi connectivity index (χ0) is 15.0. The molecule has 1 aliphatic rings. The number of rotatable bonds is 2. The van der Waals surface area contributed by atoms with Gasteiger partial charge in [-0.3, -0.25) is 14.9 Å². The van der Waals surface area contributed by atoms with E-state index in [2.05, 4.69) is 20.8 Å². The van der Waals surface area contributed by atoms with Crippen LogP contribution in [0, 0.1) is 0 Å². The molecule has 2 N–H and O–H groups in total. The largest absolute Gasteiger partial charge is 0.466 e. The number of ether oxygens (including phenoxy) is 1. The van der Waals surface area contributed by atoms with Gasteiger partial charge in [-0.2, -0.15) is 0 Å². The van der Waals surface area contributed by atoms with Crippen LogP contribution in [0.25, 0.3) is 0 Å². The highest BCUT2D eigenvalue weighted by Gasteiger charge is 2.47. The fourth-order valence-electron chi connectivity index (χ4n) is 1.79. The summed E-state index contributed by atoms with van der Waals surface area (Å²) in [5.41, 5.74) is 0.192. The van der Waals surface area contributed by atoms with E-state index in [-0.39, 0.29) is 0 Å². The van der Waals surface area contributed by atoms with Crippen LogP contribution in [0.15, 0.2) is 23.7 Å². The molecule has 1 atom stereocenters. The van der Waals surface area contributed by atoms with Crippen LogP contribution >= 0.6 is 22.9 Å². The number of benzene rings is 1. The first-order valence-corrected chi connectivity index (χ1v) is 7.12. The van der Waals surface area contributed by atoms with Crippen molar-refractivity contribution in [1.29, 1.82) is 0 Å². The molecule has 0 bridgehead atoms. The van der Waals surface area contributed by atoms with E-state index >= 15 is 0 Å². The van der Waals surface area contributed by atoms with E-state index < -0.39 is 17.4 Å². The second-order valence-corrected chi connectivity index (χ2v) is 5.70. The Morgan fingerprint density at radius 3 is 3.05 bits per heavy atom. The number of nitrogens with zero attached hydrogens (tertiary/aromatic N) is 2. The van der Waals surface area contributed by atoms with Crippen LogP contribution in [-0.2, 0) is 9.59 Å². The van der Waals surface area contributed by atoms with E-state index in [1.165, 1.54) is 12.4 Å². The quantitative estimate of drug-likeness (QED) is 0.823. The van der Waals surface area contributed by atoms with Crippen molar-refractivity contribution in [2.45, 2.75) is 12.5 Å². The van der Waals surface area contributed by atoms with Crippen molar-refractivity contribution in [2.24, 2.45) is 0 Å². The first kappa shape index (κ1) is 13.8. The molecule has 0 saturated carbocycles. The number of hydrogen-bond acceptors (Lipinski definition) is 6. The molecule has 21 heavy (non-hydrogen) atoms. The molecule has 0 fully saturated rings. The third-order valence-corrected chi connectivity index (χ3v) is 3.79. The van der Waals surface area contributed by atoms with Crippen molar-refractivity contribution < 1.29 is 14.3 Å². The van der Waals surface area contributed by atoms with Gasteiger partial charge in [0.15, 0.2) is 0 Å². The van der Waals surface area contributed by atoms with Crippen LogP contribution < -0.4 is 15.4 Å². The summed E-state index contributed by atoms with van der Waals surface area (Å²) in [6.07, 6.45) is 0. The Morgan fingerprint density at radius 2 is 2.33 bits per heavy atom. The minimum absolute atomic E-state index is 0.291. The topological polar surface area (TPSA) is 93.2 Å². The average molecular weight is 325 g/mol. The SMILES string of the molecule is C[C@]1(C(=O)Nc2nncs2)Oc2ccc(Cl)cc2NC1=O. The summed E-state index contributed by atoms with van der Waals surface area (Å²) < 4.78 is 5.57. The van der Waals surface area contributed by atoms with Gasteiger partial charge in [0.25, 0.3) is 17.4 Å². The minimum Gasteiger partial charge on any atom is -0.466 e. The number of carbonyl (C=O) groups is 2. The maximum atomic E-state index is 12.3. The van der Waals surface area contributed by atoms with Gasteiger partial charge in [0.05, 0.1) is 5.69 Å². The number of nitrogens with one attached hydrogen (secondary N) is 2. The minimum atomic E-state index is -1.70. The number of amides is 2. The van der Waals surface area contributed by atoms with E-state index in [0.29, 0.717) is 21.6 Å². The van der Waals surface area contributed by atoms with Gasteiger partial charge in [-0.15, -0.1) is 10.2 Å². The van der Waals surface area contributed by atoms with E-state index in [9.17, 15) is 9.59 Å². The summed E-state index contributed by atoms with van der Waals surface area (Å²) in [4.78, 5) is 24.5. The smallest absolute Gasteiger partial charge is 0.280 e. The normalized spacial score (nSPS) is 20.2. The second-order valence-electron chi connectivity index (χ2n) is 4.43. The molecule has 0 radical (unpaired) electrons. The van der Waals surface area contributed by atoms with Gasteiger partial charge >= 0.3 is 0 Å². The van der Waals surface area contributed by atoms with Crippen molar-refractivity contribution in [3.8, 4) is 5.75 Å². The van der Waals surface area contributed by atoms with Gasteiger partial charge in [-0.1, -0.05) is 22.9 Å². The fourth-order valence-corrected chi connectivity index (χ4v) is 2.40. The molecule has 2 aromatic rings. The van der Waals surface area contributed by atoms with E-state index in [4.69, 9.17) is 16.3 Å². The Bertz CT molecular complexity index is 721. The molecule has 2 amide bonds. The highest BCUT2D eigenvalue weighted by Crippen LogP contribution is 2.36. The Kier molecular flexibility index (Phi) is 3.26. The molecular weight excluding hydrogens is 316 g/mol. The van der Waals surface area contributed by atoms with Crippen LogP contribution in [0.3, 0.4) is 0 Å². The maximum absolute atomic E-state index is 12.3. The van der Waals surface area contributed by atoms with Crippen LogP contribution in [0.4, 0.5) is 10.8 Å². The Morgan fingerprint density at radius 1 is 1.52 bits per heavy atom. The molecule has 0 aliphatic carbocycles. The van der Waals surface area contributed by atoms with Crippen molar-refractivity contribution in [2.75, 3.05) is 10.6 Å². The van der Waals surface area contributed by atoms with E-state index in [0.717, 1.165) is 11.3 Å². The number of halogens is 1. The van der Waals surface area contributed by atoms with Crippen molar-refractivity contribution in [3.05, 3.63) is 28.7 Å². The molecule has 0 unspecified atom stereocenters. The van der Waals surface area contributed by atoms with Crippen molar-refractivity contribution in [1.82, 2.24) is 10.2 Å². The molecule has 0 spiro atoms. The molecule has 2 heterocycles. The number of fused-ring (bicyclic) bond motifs is 1. The number of aromatic nitrogens is 2. The lowest BCUT2D eigenvalue weighted by Gasteiger charge is -2.32. The lowest BCUT2D eigenvalue weighted by atomic mass is 10.0. The zero-order valence-corrected chi connectivity index (χ0v) is 12.3. The van der Waals surface area contributed by atoms with Gasteiger partial charge in [0.2, 0.25) is 5.13 Å². The predicted molar refractivity (Wildman–Crippen MR) is 77.7 cm³/mol. The highest BCUT2D eigenvalue weighted by molar-refractivity contribution is 7.13. The van der Waals surface area contributed by atoms with Gasteiger partial charge in [-0.25, -0.2) is 0 Å². The summed E-state index contributed by atoms with van der Waals surface area (Å²) in [6.45, 7) is 1.39. The van der Waals surface area contributed by atoms with E-state index in [1.54, 1.807) is 18.2 Å². The molecule has 7 nitrogen and oxygen atoms in total. The first-order valence-electron chi connectivity index (χ1n) is 5.87. The summed E-state index contributed by atoms with van der Waals surface area (Å²) in [7, 11) is 0. The third-order valence-electron chi connectivity index (χ3n) is 2.95. The Hall–Kier alpha value is -2.19. The van der Waals surface area contributed by atoms with E-state index in [1.807, 2.05) is 0 Å². The molecule has 0 saturated heterocycles. The molecular formula is C12H9ClN4O3S. The monoisotopic (exact) mass is 324 g/mol. The number of anilines is 2. The molecule has 1 aromatic carbocycles. The molecule has 108 valence electrons. The van der Waals surface area contributed by atoms with Crippen molar-refractivity contribution >= 4 is 45.6 Å². The zero-order valence-electron chi connectivity index (χ0n) is 10.7. The van der Waals surface area contributed by atoms with Gasteiger partial charge < -0.3 is 10.1 Å². The summed E-state index contributed by atoms with van der Waals surface area (Å²) in [5.74, 6) is -0.842. The van der Waals surface area contributed by atoms with Gasteiger partial charge in [0.1, 0.15) is 11.3 Å². The number of carbonyl (C=O) groups excluding carboxylic acids is 2.